The summed E-state index contributed by atoms with van der Waals surface area (Å²) in [6.45, 7) is 11.6. The first-order valence-electron chi connectivity index (χ1n) is 5.58. The van der Waals surface area contributed by atoms with Crippen LogP contribution in [0.1, 0.15) is 38.8 Å². The third-order valence-corrected chi connectivity index (χ3v) is 2.45. The van der Waals surface area contributed by atoms with Gasteiger partial charge in [0.15, 0.2) is 0 Å². The molecule has 0 aliphatic carbocycles. The molecule has 0 N–H and O–H groups in total. The minimum atomic E-state index is -0.201. The molecule has 2 nitrogen and oxygen atoms in total. The van der Waals surface area contributed by atoms with Crippen molar-refractivity contribution in [2.24, 2.45) is 0 Å². The lowest BCUT2D eigenvalue weighted by Crippen LogP contribution is -1.87. The van der Waals surface area contributed by atoms with E-state index >= 15 is 0 Å². The molecule has 0 fully saturated rings. The lowest BCUT2D eigenvalue weighted by atomic mass is 10.1. The van der Waals surface area contributed by atoms with Gasteiger partial charge < -0.3 is 0 Å². The molecule has 0 aliphatic heterocycles. The highest BCUT2D eigenvalue weighted by Crippen LogP contribution is 2.22. The maximum atomic E-state index is 13.1. The summed E-state index contributed by atoms with van der Waals surface area (Å²) in [4.78, 5) is 0. The molecule has 4 heteroatoms. The van der Waals surface area contributed by atoms with Crippen LogP contribution < -0.4 is 0 Å². The molecule has 0 atom stereocenters. The van der Waals surface area contributed by atoms with Crippen molar-refractivity contribution < 1.29 is 4.39 Å². The van der Waals surface area contributed by atoms with Gasteiger partial charge in [0.1, 0.15) is 16.9 Å². The van der Waals surface area contributed by atoms with E-state index in [0.717, 1.165) is 22.8 Å². The van der Waals surface area contributed by atoms with Gasteiger partial charge in [0, 0.05) is 5.56 Å². The lowest BCUT2D eigenvalue weighted by molar-refractivity contribution is 0.619. The smallest absolute Gasteiger partial charge is 0.128 e. The molecular weight excluding hydrogens is 223 g/mol. The Balaban J connectivity index is 0.000000509. The van der Waals surface area contributed by atoms with Crippen molar-refractivity contribution in [3.05, 3.63) is 23.0 Å². The van der Waals surface area contributed by atoms with Crippen molar-refractivity contribution in [2.75, 3.05) is 0 Å². The number of fused-ring (bicyclic) bond motifs is 1. The zero-order valence-electron chi connectivity index (χ0n) is 10.8. The normalized spacial score (nSPS) is 8.94. The average molecular weight is 242 g/mol. The van der Waals surface area contributed by atoms with Gasteiger partial charge >= 0.3 is 0 Å². The van der Waals surface area contributed by atoms with Crippen molar-refractivity contribution >= 4 is 22.8 Å². The van der Waals surface area contributed by atoms with E-state index in [1.54, 1.807) is 6.92 Å². The van der Waals surface area contributed by atoms with E-state index in [1.807, 2.05) is 34.6 Å². The number of hydrogen-bond donors (Lipinski definition) is 0. The zero-order valence-corrected chi connectivity index (χ0v) is 11.6. The molecule has 0 unspecified atom stereocenters. The highest BCUT2D eigenvalue weighted by atomic mass is 32.1. The van der Waals surface area contributed by atoms with Gasteiger partial charge in [0.2, 0.25) is 0 Å². The van der Waals surface area contributed by atoms with Crippen LogP contribution >= 0.6 is 11.7 Å². The van der Waals surface area contributed by atoms with Gasteiger partial charge in [-0.2, -0.15) is 8.75 Å². The molecule has 90 valence electrons. The van der Waals surface area contributed by atoms with Crippen LogP contribution in [0.4, 0.5) is 4.39 Å². The fourth-order valence-corrected chi connectivity index (χ4v) is 1.83. The van der Waals surface area contributed by atoms with Crippen LogP contribution in [-0.2, 0) is 0 Å². The third-order valence-electron chi connectivity index (χ3n) is 1.92. The molecule has 0 aliphatic rings. The van der Waals surface area contributed by atoms with Crippen LogP contribution in [0.15, 0.2) is 6.07 Å². The summed E-state index contributed by atoms with van der Waals surface area (Å²) in [6.07, 6.45) is 0. The topological polar surface area (TPSA) is 25.8 Å². The van der Waals surface area contributed by atoms with Crippen LogP contribution in [-0.4, -0.2) is 8.75 Å². The molecule has 1 aromatic carbocycles. The number of halogens is 1. The molecule has 0 saturated carbocycles. The molecule has 2 aromatic rings. The van der Waals surface area contributed by atoms with Crippen molar-refractivity contribution in [3.8, 4) is 0 Å². The summed E-state index contributed by atoms with van der Waals surface area (Å²) in [6, 6.07) is 1.50. The van der Waals surface area contributed by atoms with Crippen molar-refractivity contribution in [3.63, 3.8) is 0 Å². The Morgan fingerprint density at radius 2 is 1.50 bits per heavy atom. The largest absolute Gasteiger partial charge is 0.207 e. The number of rotatable bonds is 0. The molecule has 1 aromatic heterocycles. The molecule has 0 amide bonds. The second-order valence-corrected chi connectivity index (χ2v) is 3.29. The maximum Gasteiger partial charge on any atom is 0.128 e. The Kier molecular flexibility index (Phi) is 6.81. The van der Waals surface area contributed by atoms with Gasteiger partial charge in [-0.3, -0.25) is 0 Å². The van der Waals surface area contributed by atoms with Gasteiger partial charge in [0.25, 0.3) is 0 Å². The molecular formula is C12H19FN2S. The standard InChI is InChI=1S/C8H7FN2S.2C2H6/c1-4-3-6(9)5(2)8-7(4)10-12-11-8;2*1-2/h3H,1-2H3;2*1-2H3. The predicted molar refractivity (Wildman–Crippen MR) is 69.5 cm³/mol. The zero-order chi connectivity index (χ0) is 12.7. The molecule has 0 spiro atoms. The molecule has 0 radical (unpaired) electrons. The second-order valence-electron chi connectivity index (χ2n) is 2.76. The Labute approximate surface area is 101 Å². The molecule has 1 heterocycles. The van der Waals surface area contributed by atoms with E-state index in [0.29, 0.717) is 11.1 Å². The molecule has 2 rings (SSSR count). The van der Waals surface area contributed by atoms with Crippen LogP contribution in [0.2, 0.25) is 0 Å². The summed E-state index contributed by atoms with van der Waals surface area (Å²) in [5.74, 6) is -0.201. The monoisotopic (exact) mass is 242 g/mol. The quantitative estimate of drug-likeness (QED) is 0.679. The minimum absolute atomic E-state index is 0.201. The molecule has 16 heavy (non-hydrogen) atoms. The van der Waals surface area contributed by atoms with Gasteiger partial charge in [-0.1, -0.05) is 27.7 Å². The average Bonchev–Trinajstić information content (AvgIpc) is 2.81. The summed E-state index contributed by atoms with van der Waals surface area (Å²) in [5, 5.41) is 0. The molecule has 0 saturated heterocycles. The van der Waals surface area contributed by atoms with E-state index in [4.69, 9.17) is 0 Å². The first-order chi connectivity index (χ1) is 7.70. The summed E-state index contributed by atoms with van der Waals surface area (Å²) < 4.78 is 21.2. The number of benzene rings is 1. The first-order valence-corrected chi connectivity index (χ1v) is 6.31. The number of aromatic nitrogens is 2. The maximum absolute atomic E-state index is 13.1. The summed E-state index contributed by atoms with van der Waals surface area (Å²) >= 11 is 1.12. The van der Waals surface area contributed by atoms with Crippen LogP contribution in [0.3, 0.4) is 0 Å². The Morgan fingerprint density at radius 1 is 1.00 bits per heavy atom. The summed E-state index contributed by atoms with van der Waals surface area (Å²) in [5.41, 5.74) is 2.95. The Morgan fingerprint density at radius 3 is 2.06 bits per heavy atom. The number of aryl methyl sites for hydroxylation is 2. The van der Waals surface area contributed by atoms with E-state index in [-0.39, 0.29) is 5.82 Å². The van der Waals surface area contributed by atoms with Gasteiger partial charge in [0.05, 0.1) is 11.7 Å². The van der Waals surface area contributed by atoms with Crippen molar-refractivity contribution in [1.82, 2.24) is 8.75 Å². The Bertz CT molecular complexity index is 438. The van der Waals surface area contributed by atoms with E-state index in [1.165, 1.54) is 6.07 Å². The van der Waals surface area contributed by atoms with Crippen molar-refractivity contribution in [1.29, 1.82) is 0 Å². The fourth-order valence-electron chi connectivity index (χ4n) is 1.17. The SMILES string of the molecule is CC.CC.Cc1cc(F)c(C)c2nsnc12. The highest BCUT2D eigenvalue weighted by Gasteiger charge is 2.09. The van der Waals surface area contributed by atoms with Gasteiger partial charge in [-0.15, -0.1) is 0 Å². The van der Waals surface area contributed by atoms with E-state index < -0.39 is 0 Å². The molecule has 0 bridgehead atoms. The van der Waals surface area contributed by atoms with Gasteiger partial charge in [-0.25, -0.2) is 4.39 Å². The van der Waals surface area contributed by atoms with E-state index in [2.05, 4.69) is 8.75 Å². The lowest BCUT2D eigenvalue weighted by Gasteiger charge is -1.98. The number of nitrogens with zero attached hydrogens (tertiary/aromatic N) is 2. The fraction of sp³-hybridized carbons (Fsp3) is 0.500. The van der Waals surface area contributed by atoms with Crippen LogP contribution in [0.25, 0.3) is 11.0 Å². The van der Waals surface area contributed by atoms with E-state index in [9.17, 15) is 4.39 Å². The van der Waals surface area contributed by atoms with Gasteiger partial charge in [-0.05, 0) is 25.5 Å². The minimum Gasteiger partial charge on any atom is -0.207 e. The van der Waals surface area contributed by atoms with Crippen molar-refractivity contribution in [2.45, 2.75) is 41.5 Å². The highest BCUT2D eigenvalue weighted by molar-refractivity contribution is 7.00. The number of hydrogen-bond acceptors (Lipinski definition) is 3. The first kappa shape index (κ1) is 15.0. The van der Waals surface area contributed by atoms with Crippen LogP contribution in [0.5, 0.6) is 0 Å². The second kappa shape index (κ2) is 7.28. The summed E-state index contributed by atoms with van der Waals surface area (Å²) in [7, 11) is 0. The third kappa shape index (κ3) is 2.98. The van der Waals surface area contributed by atoms with Crippen LogP contribution in [0, 0.1) is 19.7 Å². The predicted octanol–water partition coefficient (Wildman–Crippen LogP) is 4.50. The Hall–Kier alpha value is -1.03.